The Morgan fingerprint density at radius 1 is 1.06 bits per heavy atom. The standard InChI is InChI=1S/C23H25F3N8O2/c1-36-18-12-14(33-9-5-27-6-10-33)2-3-16(18)31-22-29-13-15(23(24,25)26)20(32-22)30-17-4-8-34-11-7-28-21(35)19(17)34/h2-4,8,12-13,27H,5-7,9-11H2,1H3,(H,28,35)(H2,29,30,31,32). The monoisotopic (exact) mass is 502 g/mol. The van der Waals surface area contributed by atoms with Crippen molar-refractivity contribution in [2.45, 2.75) is 12.7 Å². The van der Waals surface area contributed by atoms with Crippen LogP contribution in [0.3, 0.4) is 0 Å². The lowest BCUT2D eigenvalue weighted by atomic mass is 10.2. The predicted octanol–water partition coefficient (Wildman–Crippen LogP) is 2.95. The summed E-state index contributed by atoms with van der Waals surface area (Å²) in [6, 6.07) is 7.10. The fourth-order valence-electron chi connectivity index (χ4n) is 4.28. The minimum absolute atomic E-state index is 0.0590. The van der Waals surface area contributed by atoms with Crippen LogP contribution in [-0.4, -0.2) is 60.3 Å². The molecule has 1 saturated heterocycles. The molecule has 0 atom stereocenters. The third-order valence-electron chi connectivity index (χ3n) is 6.08. The second-order valence-electron chi connectivity index (χ2n) is 8.35. The molecule has 1 aromatic carbocycles. The van der Waals surface area contributed by atoms with Gasteiger partial charge in [-0.3, -0.25) is 4.79 Å². The molecule has 0 aliphatic carbocycles. The highest BCUT2D eigenvalue weighted by Gasteiger charge is 2.36. The first-order valence-corrected chi connectivity index (χ1v) is 11.4. The van der Waals surface area contributed by atoms with Crippen LogP contribution in [0.15, 0.2) is 36.7 Å². The van der Waals surface area contributed by atoms with Gasteiger partial charge in [-0.05, 0) is 18.2 Å². The van der Waals surface area contributed by atoms with Crippen molar-refractivity contribution in [3.8, 4) is 5.75 Å². The Kier molecular flexibility index (Phi) is 6.31. The Morgan fingerprint density at radius 3 is 2.61 bits per heavy atom. The summed E-state index contributed by atoms with van der Waals surface area (Å²) in [7, 11) is 1.52. The number of rotatable bonds is 6. The fraction of sp³-hybridized carbons (Fsp3) is 0.348. The number of piperazine rings is 1. The van der Waals surface area contributed by atoms with Crippen LogP contribution in [0.25, 0.3) is 0 Å². The summed E-state index contributed by atoms with van der Waals surface area (Å²) < 4.78 is 48.4. The van der Waals surface area contributed by atoms with Gasteiger partial charge in [0.1, 0.15) is 22.8 Å². The Hall–Kier alpha value is -4.00. The van der Waals surface area contributed by atoms with Crippen LogP contribution >= 0.6 is 0 Å². The number of hydrogen-bond donors (Lipinski definition) is 4. The molecule has 5 rings (SSSR count). The summed E-state index contributed by atoms with van der Waals surface area (Å²) in [4.78, 5) is 22.5. The normalized spacial score (nSPS) is 15.8. The molecule has 10 nitrogen and oxygen atoms in total. The lowest BCUT2D eigenvalue weighted by Gasteiger charge is -2.30. The molecule has 13 heteroatoms. The molecule has 2 aromatic heterocycles. The van der Waals surface area contributed by atoms with E-state index in [4.69, 9.17) is 4.74 Å². The number of nitrogens with zero attached hydrogens (tertiary/aromatic N) is 4. The van der Waals surface area contributed by atoms with Crippen LogP contribution in [0.2, 0.25) is 0 Å². The van der Waals surface area contributed by atoms with Gasteiger partial charge in [-0.1, -0.05) is 0 Å². The number of carbonyl (C=O) groups is 1. The van der Waals surface area contributed by atoms with Gasteiger partial charge in [-0.15, -0.1) is 0 Å². The van der Waals surface area contributed by atoms with Gasteiger partial charge in [-0.25, -0.2) is 4.98 Å². The number of benzene rings is 1. The number of nitrogens with one attached hydrogen (secondary N) is 4. The lowest BCUT2D eigenvalue weighted by molar-refractivity contribution is -0.137. The van der Waals surface area contributed by atoms with Gasteiger partial charge in [-0.2, -0.15) is 18.2 Å². The minimum Gasteiger partial charge on any atom is -0.494 e. The van der Waals surface area contributed by atoms with Crippen molar-refractivity contribution in [2.24, 2.45) is 0 Å². The Bertz CT molecular complexity index is 1270. The van der Waals surface area contributed by atoms with Gasteiger partial charge >= 0.3 is 6.18 Å². The van der Waals surface area contributed by atoms with E-state index in [0.29, 0.717) is 30.7 Å². The van der Waals surface area contributed by atoms with Gasteiger partial charge in [0.25, 0.3) is 5.91 Å². The van der Waals surface area contributed by atoms with E-state index in [-0.39, 0.29) is 23.2 Å². The summed E-state index contributed by atoms with van der Waals surface area (Å²) in [6.45, 7) is 4.44. The zero-order chi connectivity index (χ0) is 25.3. The number of halogens is 3. The van der Waals surface area contributed by atoms with E-state index in [0.717, 1.165) is 31.9 Å². The average Bonchev–Trinajstić information content (AvgIpc) is 3.28. The van der Waals surface area contributed by atoms with Crippen LogP contribution in [0.4, 0.5) is 42.0 Å². The van der Waals surface area contributed by atoms with Gasteiger partial charge in [0.05, 0.1) is 18.5 Å². The highest BCUT2D eigenvalue weighted by molar-refractivity contribution is 5.99. The van der Waals surface area contributed by atoms with Crippen molar-refractivity contribution < 1.29 is 22.7 Å². The average molecular weight is 503 g/mol. The van der Waals surface area contributed by atoms with Gasteiger partial charge in [0.15, 0.2) is 0 Å². The lowest BCUT2D eigenvalue weighted by Crippen LogP contribution is -2.43. The first-order valence-electron chi connectivity index (χ1n) is 11.4. The first-order chi connectivity index (χ1) is 17.3. The number of methoxy groups -OCH3 is 1. The summed E-state index contributed by atoms with van der Waals surface area (Å²) in [5.74, 6) is -0.397. The van der Waals surface area contributed by atoms with Crippen LogP contribution in [0, 0.1) is 0 Å². The Balaban J connectivity index is 1.45. The second kappa shape index (κ2) is 9.57. The van der Waals surface area contributed by atoms with Crippen molar-refractivity contribution in [1.82, 2.24) is 25.2 Å². The number of hydrogen-bond acceptors (Lipinski definition) is 8. The largest absolute Gasteiger partial charge is 0.494 e. The van der Waals surface area contributed by atoms with Crippen LogP contribution in [0.5, 0.6) is 5.75 Å². The quantitative estimate of drug-likeness (QED) is 0.408. The van der Waals surface area contributed by atoms with Crippen molar-refractivity contribution in [1.29, 1.82) is 0 Å². The van der Waals surface area contributed by atoms with E-state index in [1.54, 1.807) is 22.9 Å². The predicted molar refractivity (Wildman–Crippen MR) is 128 cm³/mol. The van der Waals surface area contributed by atoms with Crippen molar-refractivity contribution in [2.75, 3.05) is 55.4 Å². The molecule has 2 aliphatic rings. The highest BCUT2D eigenvalue weighted by Crippen LogP contribution is 2.37. The smallest absolute Gasteiger partial charge is 0.421 e. The second-order valence-corrected chi connectivity index (χ2v) is 8.35. The topological polar surface area (TPSA) is 108 Å². The van der Waals surface area contributed by atoms with Crippen molar-refractivity contribution in [3.63, 3.8) is 0 Å². The van der Waals surface area contributed by atoms with E-state index >= 15 is 0 Å². The van der Waals surface area contributed by atoms with E-state index in [2.05, 4.69) is 36.1 Å². The number of amides is 1. The number of ether oxygens (including phenoxy) is 1. The van der Waals surface area contributed by atoms with Crippen molar-refractivity contribution in [3.05, 3.63) is 47.9 Å². The molecular formula is C23H25F3N8O2. The molecule has 0 unspecified atom stereocenters. The number of alkyl halides is 3. The molecule has 1 fully saturated rings. The molecule has 36 heavy (non-hydrogen) atoms. The third kappa shape index (κ3) is 4.73. The van der Waals surface area contributed by atoms with E-state index in [9.17, 15) is 18.0 Å². The Labute approximate surface area is 204 Å². The maximum atomic E-state index is 13.7. The van der Waals surface area contributed by atoms with Gasteiger partial charge < -0.3 is 35.5 Å². The van der Waals surface area contributed by atoms with Gasteiger partial charge in [0.2, 0.25) is 5.95 Å². The number of fused-ring (bicyclic) bond motifs is 1. The van der Waals surface area contributed by atoms with Crippen LogP contribution in [0.1, 0.15) is 16.1 Å². The van der Waals surface area contributed by atoms with E-state index in [1.807, 2.05) is 12.1 Å². The molecule has 0 spiro atoms. The number of aromatic nitrogens is 3. The van der Waals surface area contributed by atoms with E-state index < -0.39 is 17.6 Å². The molecule has 0 saturated carbocycles. The van der Waals surface area contributed by atoms with Crippen molar-refractivity contribution >= 4 is 34.7 Å². The SMILES string of the molecule is COc1cc(N2CCNCC2)ccc1Nc1ncc(C(F)(F)F)c(Nc2ccn3c2C(=O)NCC3)n1. The van der Waals surface area contributed by atoms with Gasteiger partial charge in [0, 0.05) is 63.4 Å². The molecule has 3 aromatic rings. The molecule has 0 radical (unpaired) electrons. The molecule has 190 valence electrons. The first kappa shape index (κ1) is 23.7. The summed E-state index contributed by atoms with van der Waals surface area (Å²) in [6.07, 6.45) is -2.34. The third-order valence-corrected chi connectivity index (χ3v) is 6.08. The Morgan fingerprint density at radius 2 is 1.86 bits per heavy atom. The summed E-state index contributed by atoms with van der Waals surface area (Å²) >= 11 is 0. The molecule has 1 amide bonds. The fourth-order valence-corrected chi connectivity index (χ4v) is 4.28. The van der Waals surface area contributed by atoms with Crippen LogP contribution < -0.4 is 30.9 Å². The molecule has 2 aliphatic heterocycles. The molecular weight excluding hydrogens is 477 g/mol. The molecule has 4 N–H and O–H groups in total. The molecule has 0 bridgehead atoms. The minimum atomic E-state index is -4.70. The van der Waals surface area contributed by atoms with E-state index in [1.165, 1.54) is 7.11 Å². The maximum absolute atomic E-state index is 13.7. The maximum Gasteiger partial charge on any atom is 0.421 e. The number of carbonyl (C=O) groups excluding carboxylic acids is 1. The zero-order valence-electron chi connectivity index (χ0n) is 19.4. The highest BCUT2D eigenvalue weighted by atomic mass is 19.4. The zero-order valence-corrected chi connectivity index (χ0v) is 19.4. The van der Waals surface area contributed by atoms with Crippen LogP contribution in [-0.2, 0) is 12.7 Å². The summed E-state index contributed by atoms with van der Waals surface area (Å²) in [5, 5.41) is 11.6. The molecule has 4 heterocycles. The summed E-state index contributed by atoms with van der Waals surface area (Å²) in [5.41, 5.74) is 0.896. The number of anilines is 5.